The van der Waals surface area contributed by atoms with Crippen LogP contribution in [0.15, 0.2) is 0 Å². The summed E-state index contributed by atoms with van der Waals surface area (Å²) in [6.07, 6.45) is 0. The van der Waals surface area contributed by atoms with Gasteiger partial charge in [-0.25, -0.2) is 0 Å². The summed E-state index contributed by atoms with van der Waals surface area (Å²) in [6, 6.07) is 0. The van der Waals surface area contributed by atoms with Crippen molar-refractivity contribution in [3.63, 3.8) is 0 Å². The SMILES string of the molecule is [Cu].[In].[In].[Se]. The van der Waals surface area contributed by atoms with Gasteiger partial charge in [0.2, 0.25) is 0 Å². The molecule has 4 heteroatoms. The first kappa shape index (κ1) is 29.3. The molecule has 0 fully saturated rings. The third kappa shape index (κ3) is 8.84. The Hall–Kier alpha value is 2.78. The monoisotopic (exact) mass is 373 g/mol. The molecule has 0 aliphatic carbocycles. The summed E-state index contributed by atoms with van der Waals surface area (Å²) in [4.78, 5) is 0. The Balaban J connectivity index is 0. The Labute approximate surface area is 84.4 Å². The summed E-state index contributed by atoms with van der Waals surface area (Å²) in [5.74, 6) is 0. The topological polar surface area (TPSA) is 0 Å². The molecule has 0 saturated carbocycles. The van der Waals surface area contributed by atoms with Gasteiger partial charge < -0.3 is 0 Å². The second-order valence-corrected chi connectivity index (χ2v) is 0. The van der Waals surface area contributed by atoms with Crippen LogP contribution in [0.2, 0.25) is 0 Å². The van der Waals surface area contributed by atoms with Gasteiger partial charge in [-0.2, -0.15) is 0 Å². The Morgan fingerprint density at radius 1 is 0.750 bits per heavy atom. The number of hydrogen-bond acceptors (Lipinski definition) is 0. The molecule has 0 saturated heterocycles. The van der Waals surface area contributed by atoms with Crippen molar-refractivity contribution in [2.45, 2.75) is 0 Å². The third-order valence-corrected chi connectivity index (χ3v) is 0. The summed E-state index contributed by atoms with van der Waals surface area (Å²) >= 11 is 0. The first-order chi connectivity index (χ1) is 0. The fraction of sp³-hybridized carbons (Fsp3) is 0. The maximum Gasteiger partial charge on any atom is 0 e. The summed E-state index contributed by atoms with van der Waals surface area (Å²) in [5, 5.41) is 0. The molecular formula is CuIn2Se. The van der Waals surface area contributed by atoms with Gasteiger partial charge in [0.05, 0.1) is 0 Å². The first-order valence-corrected chi connectivity index (χ1v) is 0. The van der Waals surface area contributed by atoms with Gasteiger partial charge in [0, 0.05) is 85.8 Å². The van der Waals surface area contributed by atoms with Crippen molar-refractivity contribution < 1.29 is 17.1 Å². The predicted molar refractivity (Wildman–Crippen MR) is 17.3 cm³/mol. The fourth-order valence-electron chi connectivity index (χ4n) is 0. The van der Waals surface area contributed by atoms with E-state index in [-0.39, 0.29) is 85.8 Å². The number of hydrogen-bond donors (Lipinski definition) is 0. The molecule has 0 nitrogen and oxygen atoms in total. The maximum absolute atomic E-state index is 0. The van der Waals surface area contributed by atoms with E-state index in [0.29, 0.717) is 0 Å². The Morgan fingerprint density at radius 2 is 0.750 bits per heavy atom. The van der Waals surface area contributed by atoms with Crippen LogP contribution in [0.1, 0.15) is 0 Å². The van der Waals surface area contributed by atoms with Crippen LogP contribution < -0.4 is 0 Å². The van der Waals surface area contributed by atoms with Gasteiger partial charge in [0.25, 0.3) is 0 Å². The van der Waals surface area contributed by atoms with E-state index >= 15 is 0 Å². The summed E-state index contributed by atoms with van der Waals surface area (Å²) in [7, 11) is 0. The molecular weight excluding hydrogens is 372 g/mol. The smallest absolute Gasteiger partial charge is 0 e. The predicted octanol–water partition coefficient (Wildman–Crippen LogP) is -1.14. The minimum Gasteiger partial charge on any atom is 0 e. The van der Waals surface area contributed by atoms with Gasteiger partial charge in [-0.05, 0) is 0 Å². The molecule has 0 aromatic rings. The summed E-state index contributed by atoms with van der Waals surface area (Å²) < 4.78 is 0. The van der Waals surface area contributed by atoms with Crippen LogP contribution in [0.5, 0.6) is 0 Å². The normalized spacial score (nSPS) is 0. The van der Waals surface area contributed by atoms with E-state index in [9.17, 15) is 0 Å². The average Bonchev–Trinajstić information content (AvgIpc) is 0. The second kappa shape index (κ2) is 17.1. The molecule has 0 aromatic carbocycles. The van der Waals surface area contributed by atoms with Crippen LogP contribution in [0.25, 0.3) is 0 Å². The van der Waals surface area contributed by atoms with Crippen LogP contribution >= 0.6 is 0 Å². The fourth-order valence-corrected chi connectivity index (χ4v) is 0. The van der Waals surface area contributed by atoms with E-state index in [2.05, 4.69) is 0 Å². The zero-order valence-corrected chi connectivity index (χ0v) is 11.1. The minimum atomic E-state index is 0. The molecule has 9 radical (unpaired) electrons. The van der Waals surface area contributed by atoms with Crippen LogP contribution in [0.4, 0.5) is 0 Å². The molecule has 0 aromatic heterocycles. The van der Waals surface area contributed by atoms with E-state index in [1.165, 1.54) is 0 Å². The van der Waals surface area contributed by atoms with Crippen molar-refractivity contribution in [2.75, 3.05) is 0 Å². The van der Waals surface area contributed by atoms with Gasteiger partial charge in [-0.15, -0.1) is 0 Å². The van der Waals surface area contributed by atoms with Crippen LogP contribution in [0, 0.1) is 0 Å². The van der Waals surface area contributed by atoms with Crippen LogP contribution in [0.3, 0.4) is 0 Å². The molecule has 23 valence electrons. The van der Waals surface area contributed by atoms with Gasteiger partial charge in [0.15, 0.2) is 0 Å². The van der Waals surface area contributed by atoms with Gasteiger partial charge in [-0.3, -0.25) is 0 Å². The van der Waals surface area contributed by atoms with Crippen molar-refractivity contribution in [1.82, 2.24) is 0 Å². The molecule has 0 aliphatic rings. The van der Waals surface area contributed by atoms with Crippen LogP contribution in [-0.4, -0.2) is 68.8 Å². The Kier molecular flexibility index (Phi) is 125. The average molecular weight is 372 g/mol. The standard InChI is InChI=1S/Cu.2In.Se. The molecule has 0 N–H and O–H groups in total. The van der Waals surface area contributed by atoms with Crippen molar-refractivity contribution in [3.05, 3.63) is 0 Å². The quantitative estimate of drug-likeness (QED) is 0.472. The third-order valence-electron chi connectivity index (χ3n) is 0. The minimum absolute atomic E-state index is 0. The van der Waals surface area contributed by atoms with E-state index in [1.54, 1.807) is 0 Å². The molecule has 4 heavy (non-hydrogen) atoms. The molecule has 0 unspecified atom stereocenters. The van der Waals surface area contributed by atoms with Gasteiger partial charge in [-0.1, -0.05) is 0 Å². The van der Waals surface area contributed by atoms with Gasteiger partial charge >= 0.3 is 0 Å². The number of rotatable bonds is 0. The molecule has 0 spiro atoms. The second-order valence-electron chi connectivity index (χ2n) is 0. The van der Waals surface area contributed by atoms with Crippen molar-refractivity contribution >= 4 is 68.8 Å². The van der Waals surface area contributed by atoms with E-state index < -0.39 is 0 Å². The molecule has 0 bridgehead atoms. The molecule has 0 atom stereocenters. The van der Waals surface area contributed by atoms with Crippen molar-refractivity contribution in [3.8, 4) is 0 Å². The molecule has 0 amide bonds. The Morgan fingerprint density at radius 3 is 0.750 bits per heavy atom. The Bertz CT molecular complexity index is 6.00. The van der Waals surface area contributed by atoms with Crippen molar-refractivity contribution in [2.24, 2.45) is 0 Å². The zero-order chi connectivity index (χ0) is 0. The molecule has 0 rings (SSSR count). The summed E-state index contributed by atoms with van der Waals surface area (Å²) in [5.41, 5.74) is 0. The van der Waals surface area contributed by atoms with Crippen molar-refractivity contribution in [1.29, 1.82) is 0 Å². The van der Waals surface area contributed by atoms with Gasteiger partial charge in [0.1, 0.15) is 0 Å². The molecule has 0 aliphatic heterocycles. The van der Waals surface area contributed by atoms with E-state index in [1.807, 2.05) is 0 Å². The summed E-state index contributed by atoms with van der Waals surface area (Å²) in [6.45, 7) is 0. The zero-order valence-electron chi connectivity index (χ0n) is 1.86. The van der Waals surface area contributed by atoms with E-state index in [4.69, 9.17) is 0 Å². The largest absolute Gasteiger partial charge is 0 e. The van der Waals surface area contributed by atoms with E-state index in [0.717, 1.165) is 0 Å². The first-order valence-electron chi connectivity index (χ1n) is 0. The van der Waals surface area contributed by atoms with Crippen LogP contribution in [-0.2, 0) is 17.1 Å². The molecule has 0 heterocycles. The maximum atomic E-state index is 0.